The van der Waals surface area contributed by atoms with Crippen molar-refractivity contribution in [3.8, 4) is 16.9 Å². The summed E-state index contributed by atoms with van der Waals surface area (Å²) >= 11 is 0. The number of rotatable bonds is 5. The lowest BCUT2D eigenvalue weighted by Crippen LogP contribution is -2.10. The molecule has 0 atom stereocenters. The summed E-state index contributed by atoms with van der Waals surface area (Å²) in [4.78, 5) is 15.6. The van der Waals surface area contributed by atoms with Crippen LogP contribution in [0, 0.1) is 13.8 Å². The van der Waals surface area contributed by atoms with Gasteiger partial charge in [-0.1, -0.05) is 17.7 Å². The number of amides is 1. The Morgan fingerprint density at radius 1 is 0.966 bits per heavy atom. The molecule has 0 aliphatic rings. The molecule has 0 radical (unpaired) electrons. The lowest BCUT2D eigenvalue weighted by Gasteiger charge is -2.10. The Bertz CT molecular complexity index is 1160. The first-order valence-corrected chi connectivity index (χ1v) is 9.26. The Kier molecular flexibility index (Phi) is 4.83. The highest BCUT2D eigenvalue weighted by atomic mass is 16.1. The van der Waals surface area contributed by atoms with E-state index in [1.54, 1.807) is 30.5 Å². The molecule has 0 fully saturated rings. The van der Waals surface area contributed by atoms with Crippen LogP contribution in [0.4, 0.5) is 11.5 Å². The van der Waals surface area contributed by atoms with Crippen LogP contribution < -0.4 is 11.1 Å². The van der Waals surface area contributed by atoms with Crippen LogP contribution >= 0.6 is 0 Å². The highest BCUT2D eigenvalue weighted by molar-refractivity contribution is 5.93. The van der Waals surface area contributed by atoms with Gasteiger partial charge in [0.15, 0.2) is 0 Å². The van der Waals surface area contributed by atoms with E-state index in [-0.39, 0.29) is 0 Å². The van der Waals surface area contributed by atoms with E-state index in [1.807, 2.05) is 23.7 Å². The number of nitrogens with one attached hydrogen (secondary N) is 1. The molecule has 0 aliphatic carbocycles. The van der Waals surface area contributed by atoms with E-state index in [2.05, 4.69) is 52.7 Å². The fourth-order valence-corrected chi connectivity index (χ4v) is 3.11. The molecule has 6 heteroatoms. The quantitative estimate of drug-likeness (QED) is 0.535. The van der Waals surface area contributed by atoms with E-state index in [1.165, 1.54) is 5.56 Å². The van der Waals surface area contributed by atoms with E-state index in [4.69, 9.17) is 5.73 Å². The second-order valence-corrected chi connectivity index (χ2v) is 6.91. The Balaban J connectivity index is 1.65. The number of benzene rings is 2. The van der Waals surface area contributed by atoms with Crippen LogP contribution in [-0.2, 0) is 0 Å². The second kappa shape index (κ2) is 7.59. The van der Waals surface area contributed by atoms with Crippen molar-refractivity contribution in [2.24, 2.45) is 5.73 Å². The zero-order valence-electron chi connectivity index (χ0n) is 16.3. The van der Waals surface area contributed by atoms with Crippen molar-refractivity contribution in [3.05, 3.63) is 89.7 Å². The molecule has 0 saturated carbocycles. The van der Waals surface area contributed by atoms with Crippen molar-refractivity contribution >= 4 is 17.4 Å². The number of carbonyl (C=O) groups is 1. The van der Waals surface area contributed by atoms with Crippen LogP contribution in [-0.4, -0.2) is 20.7 Å². The summed E-state index contributed by atoms with van der Waals surface area (Å²) in [5.41, 5.74) is 11.7. The maximum atomic E-state index is 11.2. The van der Waals surface area contributed by atoms with Crippen molar-refractivity contribution < 1.29 is 4.79 Å². The highest BCUT2D eigenvalue weighted by Crippen LogP contribution is 2.26. The Labute approximate surface area is 169 Å². The number of nitrogens with two attached hydrogens (primary N) is 1. The van der Waals surface area contributed by atoms with Crippen molar-refractivity contribution in [1.29, 1.82) is 0 Å². The van der Waals surface area contributed by atoms with Gasteiger partial charge >= 0.3 is 0 Å². The molecular weight excluding hydrogens is 362 g/mol. The van der Waals surface area contributed by atoms with Crippen LogP contribution in [0.1, 0.15) is 21.6 Å². The SMILES string of the molecule is Cc1ccc(-n2nc(C)cc2-c2ccnc(Nc3ccc(C(N)=O)cc3)c2)cc1. The average molecular weight is 383 g/mol. The molecule has 2 aromatic carbocycles. The summed E-state index contributed by atoms with van der Waals surface area (Å²) in [7, 11) is 0. The molecule has 0 spiro atoms. The van der Waals surface area contributed by atoms with Crippen LogP contribution in [0.5, 0.6) is 0 Å². The molecule has 0 saturated heterocycles. The smallest absolute Gasteiger partial charge is 0.248 e. The first-order valence-electron chi connectivity index (χ1n) is 9.26. The predicted octanol–water partition coefficient (Wildman–Crippen LogP) is 4.39. The van der Waals surface area contributed by atoms with E-state index in [0.717, 1.165) is 28.3 Å². The molecule has 6 nitrogen and oxygen atoms in total. The molecule has 0 aliphatic heterocycles. The number of primary amides is 1. The molecule has 4 aromatic rings. The van der Waals surface area contributed by atoms with Crippen molar-refractivity contribution in [1.82, 2.24) is 14.8 Å². The van der Waals surface area contributed by atoms with E-state index in [0.29, 0.717) is 11.4 Å². The summed E-state index contributed by atoms with van der Waals surface area (Å²) in [6.07, 6.45) is 1.76. The number of hydrogen-bond donors (Lipinski definition) is 2. The predicted molar refractivity (Wildman–Crippen MR) is 115 cm³/mol. The van der Waals surface area contributed by atoms with Crippen LogP contribution in [0.25, 0.3) is 16.9 Å². The largest absolute Gasteiger partial charge is 0.366 e. The lowest BCUT2D eigenvalue weighted by molar-refractivity contribution is 0.100. The van der Waals surface area contributed by atoms with E-state index < -0.39 is 5.91 Å². The van der Waals surface area contributed by atoms with Crippen molar-refractivity contribution in [2.75, 3.05) is 5.32 Å². The maximum Gasteiger partial charge on any atom is 0.248 e. The minimum Gasteiger partial charge on any atom is -0.366 e. The summed E-state index contributed by atoms with van der Waals surface area (Å²) in [5.74, 6) is 0.250. The van der Waals surface area contributed by atoms with Gasteiger partial charge < -0.3 is 11.1 Å². The number of pyridine rings is 1. The molecule has 2 heterocycles. The zero-order valence-corrected chi connectivity index (χ0v) is 16.3. The third-order valence-corrected chi connectivity index (χ3v) is 4.61. The van der Waals surface area contributed by atoms with E-state index in [9.17, 15) is 4.79 Å². The molecule has 29 heavy (non-hydrogen) atoms. The molecule has 0 unspecified atom stereocenters. The number of carbonyl (C=O) groups excluding carboxylic acids is 1. The van der Waals surface area contributed by atoms with Crippen LogP contribution in [0.2, 0.25) is 0 Å². The molecule has 3 N–H and O–H groups in total. The Hall–Kier alpha value is -3.93. The highest BCUT2D eigenvalue weighted by Gasteiger charge is 2.11. The maximum absolute atomic E-state index is 11.2. The summed E-state index contributed by atoms with van der Waals surface area (Å²) in [6, 6.07) is 21.2. The minimum atomic E-state index is -0.448. The van der Waals surface area contributed by atoms with Crippen LogP contribution in [0.3, 0.4) is 0 Å². The standard InChI is InChI=1S/C23H21N5O/c1-15-3-9-20(10-4-15)28-21(13-16(2)27-28)18-11-12-25-22(14-18)26-19-7-5-17(6-8-19)23(24)29/h3-14H,1-2H3,(H2,24,29)(H,25,26). The molecule has 144 valence electrons. The van der Waals surface area contributed by atoms with Crippen molar-refractivity contribution in [3.63, 3.8) is 0 Å². The monoisotopic (exact) mass is 383 g/mol. The Morgan fingerprint density at radius 2 is 1.69 bits per heavy atom. The number of hydrogen-bond acceptors (Lipinski definition) is 4. The van der Waals surface area contributed by atoms with Gasteiger partial charge in [-0.2, -0.15) is 5.10 Å². The number of aromatic nitrogens is 3. The zero-order chi connectivity index (χ0) is 20.4. The van der Waals surface area contributed by atoms with Gasteiger partial charge in [0.25, 0.3) is 0 Å². The molecule has 2 aromatic heterocycles. The van der Waals surface area contributed by atoms with Gasteiger partial charge in [-0.25, -0.2) is 9.67 Å². The topological polar surface area (TPSA) is 85.8 Å². The fourth-order valence-electron chi connectivity index (χ4n) is 3.11. The van der Waals surface area contributed by atoms with Gasteiger partial charge in [0, 0.05) is 23.0 Å². The van der Waals surface area contributed by atoms with Gasteiger partial charge in [-0.05, 0) is 68.4 Å². The van der Waals surface area contributed by atoms with Gasteiger partial charge in [0.05, 0.1) is 17.1 Å². The van der Waals surface area contributed by atoms with Crippen LogP contribution in [0.15, 0.2) is 72.9 Å². The summed E-state index contributed by atoms with van der Waals surface area (Å²) in [5, 5.41) is 7.92. The molecule has 1 amide bonds. The van der Waals surface area contributed by atoms with Gasteiger partial charge in [0.1, 0.15) is 5.82 Å². The molecular formula is C23H21N5O. The Morgan fingerprint density at radius 3 is 2.38 bits per heavy atom. The normalized spacial score (nSPS) is 10.7. The summed E-state index contributed by atoms with van der Waals surface area (Å²) < 4.78 is 1.94. The average Bonchev–Trinajstić information content (AvgIpc) is 3.11. The second-order valence-electron chi connectivity index (χ2n) is 6.91. The lowest BCUT2D eigenvalue weighted by atomic mass is 10.1. The van der Waals surface area contributed by atoms with Gasteiger partial charge in [0.2, 0.25) is 5.91 Å². The van der Waals surface area contributed by atoms with Gasteiger partial charge in [-0.15, -0.1) is 0 Å². The first kappa shape index (κ1) is 18.4. The van der Waals surface area contributed by atoms with E-state index >= 15 is 0 Å². The first-order chi connectivity index (χ1) is 14.0. The van der Waals surface area contributed by atoms with Gasteiger partial charge in [-0.3, -0.25) is 4.79 Å². The minimum absolute atomic E-state index is 0.448. The number of nitrogens with zero attached hydrogens (tertiary/aromatic N) is 3. The number of anilines is 2. The third kappa shape index (κ3) is 4.01. The molecule has 4 rings (SSSR count). The molecule has 0 bridgehead atoms. The fraction of sp³-hybridized carbons (Fsp3) is 0.0870. The summed E-state index contributed by atoms with van der Waals surface area (Å²) in [6.45, 7) is 4.05. The third-order valence-electron chi connectivity index (χ3n) is 4.61. The number of aryl methyl sites for hydroxylation is 2. The van der Waals surface area contributed by atoms with Crippen molar-refractivity contribution in [2.45, 2.75) is 13.8 Å².